The molecule has 0 unspecified atom stereocenters. The Kier molecular flexibility index (Phi) is 4.99. The third kappa shape index (κ3) is 4.08. The first-order valence-corrected chi connectivity index (χ1v) is 10.3. The van der Waals surface area contributed by atoms with E-state index in [9.17, 15) is 18.0 Å². The predicted molar refractivity (Wildman–Crippen MR) is 104 cm³/mol. The first-order chi connectivity index (χ1) is 13.7. The number of nitrogens with zero attached hydrogens (tertiary/aromatic N) is 5. The van der Waals surface area contributed by atoms with E-state index in [1.165, 1.54) is 11.3 Å². The molecule has 0 bridgehead atoms. The number of hydrogen-bond acceptors (Lipinski definition) is 8. The lowest BCUT2D eigenvalue weighted by molar-refractivity contribution is -0.138. The summed E-state index contributed by atoms with van der Waals surface area (Å²) in [6, 6.07) is 0. The Morgan fingerprint density at radius 1 is 1.21 bits per heavy atom. The fourth-order valence-corrected chi connectivity index (χ4v) is 4.51. The second-order valence-electron chi connectivity index (χ2n) is 6.55. The van der Waals surface area contributed by atoms with Crippen molar-refractivity contribution in [1.82, 2.24) is 19.9 Å². The molecular formula is C17H15F3N6OS2. The minimum atomic E-state index is -4.47. The van der Waals surface area contributed by atoms with Crippen LogP contribution in [-0.4, -0.2) is 38.9 Å². The first kappa shape index (κ1) is 19.7. The van der Waals surface area contributed by atoms with Crippen molar-refractivity contribution in [2.45, 2.75) is 20.0 Å². The molecule has 7 nitrogen and oxygen atoms in total. The van der Waals surface area contributed by atoms with E-state index in [0.717, 1.165) is 33.7 Å². The van der Waals surface area contributed by atoms with E-state index >= 15 is 0 Å². The number of halogens is 3. The molecule has 4 heterocycles. The summed E-state index contributed by atoms with van der Waals surface area (Å²) in [7, 11) is 0. The Labute approximate surface area is 171 Å². The fraction of sp³-hybridized carbons (Fsp3) is 0.353. The summed E-state index contributed by atoms with van der Waals surface area (Å²) in [5, 5.41) is 6.13. The molecule has 152 valence electrons. The first-order valence-electron chi connectivity index (χ1n) is 8.55. The summed E-state index contributed by atoms with van der Waals surface area (Å²) >= 11 is 2.89. The molecule has 1 saturated heterocycles. The molecule has 1 aliphatic rings. The highest BCUT2D eigenvalue weighted by atomic mass is 32.1. The van der Waals surface area contributed by atoms with Gasteiger partial charge in [-0.1, -0.05) is 0 Å². The molecule has 1 N–H and O–H groups in total. The lowest BCUT2D eigenvalue weighted by Gasteiger charge is -2.37. The maximum Gasteiger partial charge on any atom is 0.419 e. The van der Waals surface area contributed by atoms with E-state index in [0.29, 0.717) is 18.2 Å². The van der Waals surface area contributed by atoms with E-state index in [4.69, 9.17) is 0 Å². The fourth-order valence-electron chi connectivity index (χ4n) is 2.85. The normalized spacial score (nSPS) is 14.7. The van der Waals surface area contributed by atoms with Gasteiger partial charge in [0.2, 0.25) is 11.9 Å². The second kappa shape index (κ2) is 7.34. The van der Waals surface area contributed by atoms with Gasteiger partial charge in [0.1, 0.15) is 0 Å². The molecule has 12 heteroatoms. The number of carbonyl (C=O) groups excluding carboxylic acids is 1. The van der Waals surface area contributed by atoms with Crippen molar-refractivity contribution >= 4 is 39.7 Å². The number of hydrogen-bond donors (Lipinski definition) is 1. The Morgan fingerprint density at radius 2 is 1.90 bits per heavy atom. The standard InChI is InChI=1S/C17H15F3N6OS2/c1-8-13(29-9(2)23-8)12-7-28-16(24-12)25-14(27)10-5-26(6-10)15-21-3-11(4-22-15)17(18,19)20/h3-4,7,10H,5-6H2,1-2H3,(H,24,25,27). The molecule has 0 atom stereocenters. The van der Waals surface area contributed by atoms with Crippen LogP contribution in [0, 0.1) is 19.8 Å². The van der Waals surface area contributed by atoms with Gasteiger partial charge >= 0.3 is 6.18 Å². The molecule has 4 rings (SSSR count). The van der Waals surface area contributed by atoms with Gasteiger partial charge in [-0.25, -0.2) is 19.9 Å². The monoisotopic (exact) mass is 440 g/mol. The SMILES string of the molecule is Cc1nc(C)c(-c2csc(NC(=O)C3CN(c4ncc(C(F)(F)F)cn4)C3)n2)s1. The van der Waals surface area contributed by atoms with E-state index in [-0.39, 0.29) is 17.8 Å². The van der Waals surface area contributed by atoms with Crippen molar-refractivity contribution in [2.75, 3.05) is 23.3 Å². The summed E-state index contributed by atoms with van der Waals surface area (Å²) in [6.45, 7) is 4.52. The number of aryl methyl sites for hydroxylation is 2. The van der Waals surface area contributed by atoms with Crippen molar-refractivity contribution in [2.24, 2.45) is 5.92 Å². The van der Waals surface area contributed by atoms with Gasteiger partial charge in [0.15, 0.2) is 5.13 Å². The smallest absolute Gasteiger partial charge is 0.339 e. The summed E-state index contributed by atoms with van der Waals surface area (Å²) in [4.78, 5) is 31.4. The average Bonchev–Trinajstić information content (AvgIpc) is 3.19. The van der Waals surface area contributed by atoms with Crippen LogP contribution in [0.5, 0.6) is 0 Å². The number of carbonyl (C=O) groups is 1. The third-order valence-corrected chi connectivity index (χ3v) is 6.22. The number of anilines is 2. The third-order valence-electron chi connectivity index (χ3n) is 4.37. The van der Waals surface area contributed by atoms with E-state index < -0.39 is 11.7 Å². The van der Waals surface area contributed by atoms with E-state index in [1.807, 2.05) is 19.2 Å². The number of amides is 1. The van der Waals surface area contributed by atoms with Crippen LogP contribution >= 0.6 is 22.7 Å². The number of thiazole rings is 2. The zero-order valence-corrected chi connectivity index (χ0v) is 17.0. The highest BCUT2D eigenvalue weighted by Gasteiger charge is 2.36. The lowest BCUT2D eigenvalue weighted by atomic mass is 10.00. The summed E-state index contributed by atoms with van der Waals surface area (Å²) < 4.78 is 37.7. The molecule has 1 aliphatic heterocycles. The van der Waals surface area contributed by atoms with Gasteiger partial charge in [0.05, 0.1) is 32.8 Å². The molecule has 1 fully saturated rings. The minimum absolute atomic E-state index is 0.176. The zero-order chi connectivity index (χ0) is 20.8. The highest BCUT2D eigenvalue weighted by Crippen LogP contribution is 2.33. The number of alkyl halides is 3. The lowest BCUT2D eigenvalue weighted by Crippen LogP contribution is -2.52. The van der Waals surface area contributed by atoms with E-state index in [2.05, 4.69) is 25.3 Å². The zero-order valence-electron chi connectivity index (χ0n) is 15.3. The minimum Gasteiger partial charge on any atom is -0.339 e. The van der Waals surface area contributed by atoms with Crippen LogP contribution in [0.1, 0.15) is 16.3 Å². The van der Waals surface area contributed by atoms with Crippen molar-refractivity contribution in [1.29, 1.82) is 0 Å². The second-order valence-corrected chi connectivity index (χ2v) is 8.61. The molecule has 3 aromatic rings. The predicted octanol–water partition coefficient (Wildman–Crippen LogP) is 3.77. The van der Waals surface area contributed by atoms with Gasteiger partial charge in [-0.15, -0.1) is 22.7 Å². The number of rotatable bonds is 4. The molecule has 0 aliphatic carbocycles. The van der Waals surface area contributed by atoms with Gasteiger partial charge < -0.3 is 10.2 Å². The quantitative estimate of drug-likeness (QED) is 0.665. The maximum absolute atomic E-state index is 12.6. The molecule has 0 saturated carbocycles. The van der Waals surface area contributed by atoms with Gasteiger partial charge in [-0.05, 0) is 13.8 Å². The van der Waals surface area contributed by atoms with Crippen molar-refractivity contribution < 1.29 is 18.0 Å². The average molecular weight is 440 g/mol. The van der Waals surface area contributed by atoms with Crippen LogP contribution in [0.15, 0.2) is 17.8 Å². The van der Waals surface area contributed by atoms with Crippen LogP contribution in [0.25, 0.3) is 10.6 Å². The molecule has 29 heavy (non-hydrogen) atoms. The van der Waals surface area contributed by atoms with Gasteiger partial charge in [-0.2, -0.15) is 13.2 Å². The van der Waals surface area contributed by atoms with Gasteiger partial charge in [-0.3, -0.25) is 4.79 Å². The molecule has 0 radical (unpaired) electrons. The van der Waals surface area contributed by atoms with Crippen LogP contribution in [-0.2, 0) is 11.0 Å². The van der Waals surface area contributed by atoms with Crippen LogP contribution < -0.4 is 10.2 Å². The van der Waals surface area contributed by atoms with Crippen molar-refractivity contribution in [3.63, 3.8) is 0 Å². The highest BCUT2D eigenvalue weighted by molar-refractivity contribution is 7.16. The van der Waals surface area contributed by atoms with E-state index in [1.54, 1.807) is 16.2 Å². The van der Waals surface area contributed by atoms with Gasteiger partial charge in [0, 0.05) is 30.9 Å². The summed E-state index contributed by atoms with van der Waals surface area (Å²) in [5.41, 5.74) is 0.783. The Hall–Kier alpha value is -2.60. The molecule has 1 amide bonds. The Bertz CT molecular complexity index is 1040. The largest absolute Gasteiger partial charge is 0.419 e. The van der Waals surface area contributed by atoms with Crippen LogP contribution in [0.4, 0.5) is 24.3 Å². The Morgan fingerprint density at radius 3 is 2.48 bits per heavy atom. The molecule has 0 aromatic carbocycles. The summed E-state index contributed by atoms with van der Waals surface area (Å²) in [6.07, 6.45) is -2.98. The summed E-state index contributed by atoms with van der Waals surface area (Å²) in [5.74, 6) is -0.318. The number of nitrogens with one attached hydrogen (secondary N) is 1. The molecule has 0 spiro atoms. The van der Waals surface area contributed by atoms with Gasteiger partial charge in [0.25, 0.3) is 0 Å². The molecule has 3 aromatic heterocycles. The molecular weight excluding hydrogens is 425 g/mol. The van der Waals surface area contributed by atoms with Crippen LogP contribution in [0.2, 0.25) is 0 Å². The number of aromatic nitrogens is 4. The van der Waals surface area contributed by atoms with Crippen molar-refractivity contribution in [3.05, 3.63) is 34.0 Å². The van der Waals surface area contributed by atoms with Crippen LogP contribution in [0.3, 0.4) is 0 Å². The Balaban J connectivity index is 1.34. The topological polar surface area (TPSA) is 83.9 Å². The van der Waals surface area contributed by atoms with Crippen molar-refractivity contribution in [3.8, 4) is 10.6 Å². The maximum atomic E-state index is 12.6.